The van der Waals surface area contributed by atoms with E-state index in [1.165, 1.54) is 12.1 Å². The standard InChI is InChI=1S/C11H15FN2O2S/c1-17(15,16)10-9(11(10,14)6-13)7-2-4-8(12)5-3-7/h2-5,9-10H,6,13-14H2,1H3/t9-,10+,11-/m0/s1. The van der Waals surface area contributed by atoms with Crippen LogP contribution in [0.5, 0.6) is 0 Å². The molecule has 1 aromatic carbocycles. The number of hydrogen-bond donors (Lipinski definition) is 2. The molecular weight excluding hydrogens is 243 g/mol. The van der Waals surface area contributed by atoms with Crippen LogP contribution in [0.25, 0.3) is 0 Å². The van der Waals surface area contributed by atoms with Gasteiger partial charge >= 0.3 is 0 Å². The Morgan fingerprint density at radius 1 is 1.35 bits per heavy atom. The fraction of sp³-hybridized carbons (Fsp3) is 0.455. The zero-order valence-electron chi connectivity index (χ0n) is 9.43. The zero-order chi connectivity index (χ0) is 12.8. The third-order valence-corrected chi connectivity index (χ3v) is 4.98. The molecule has 1 aromatic rings. The smallest absolute Gasteiger partial charge is 0.152 e. The molecule has 4 N–H and O–H groups in total. The molecule has 0 bridgehead atoms. The van der Waals surface area contributed by atoms with Crippen molar-refractivity contribution in [1.82, 2.24) is 0 Å². The molecule has 0 amide bonds. The topological polar surface area (TPSA) is 86.2 Å². The van der Waals surface area contributed by atoms with Crippen LogP contribution in [-0.2, 0) is 9.84 Å². The van der Waals surface area contributed by atoms with Gasteiger partial charge in [0.05, 0.1) is 10.8 Å². The normalized spacial score (nSPS) is 32.5. The summed E-state index contributed by atoms with van der Waals surface area (Å²) in [5.41, 5.74) is 11.3. The van der Waals surface area contributed by atoms with Gasteiger partial charge in [-0.15, -0.1) is 0 Å². The van der Waals surface area contributed by atoms with E-state index in [1.54, 1.807) is 12.1 Å². The molecular formula is C11H15FN2O2S. The first kappa shape index (κ1) is 12.5. The van der Waals surface area contributed by atoms with Gasteiger partial charge in [-0.05, 0) is 17.7 Å². The zero-order valence-corrected chi connectivity index (χ0v) is 10.2. The van der Waals surface area contributed by atoms with Gasteiger partial charge in [0, 0.05) is 18.7 Å². The third-order valence-electron chi connectivity index (χ3n) is 3.35. The molecule has 0 spiro atoms. The number of halogens is 1. The molecule has 6 heteroatoms. The van der Waals surface area contributed by atoms with Crippen molar-refractivity contribution in [2.45, 2.75) is 16.7 Å². The van der Waals surface area contributed by atoms with Crippen molar-refractivity contribution in [3.63, 3.8) is 0 Å². The highest BCUT2D eigenvalue weighted by Gasteiger charge is 2.67. The maximum atomic E-state index is 12.8. The average molecular weight is 258 g/mol. The molecule has 0 aromatic heterocycles. The van der Waals surface area contributed by atoms with Gasteiger partial charge in [-0.2, -0.15) is 0 Å². The Hall–Kier alpha value is -0.980. The lowest BCUT2D eigenvalue weighted by Gasteiger charge is -2.07. The Morgan fingerprint density at radius 2 is 1.88 bits per heavy atom. The second-order valence-electron chi connectivity index (χ2n) is 4.60. The van der Waals surface area contributed by atoms with Crippen LogP contribution in [0.3, 0.4) is 0 Å². The van der Waals surface area contributed by atoms with Crippen LogP contribution in [0.4, 0.5) is 4.39 Å². The molecule has 0 saturated heterocycles. The number of sulfone groups is 1. The summed E-state index contributed by atoms with van der Waals surface area (Å²) in [5, 5.41) is -0.675. The van der Waals surface area contributed by atoms with E-state index in [0.29, 0.717) is 0 Å². The number of rotatable bonds is 3. The Balaban J connectivity index is 2.37. The molecule has 17 heavy (non-hydrogen) atoms. The monoisotopic (exact) mass is 258 g/mol. The minimum absolute atomic E-state index is 0.0901. The van der Waals surface area contributed by atoms with Gasteiger partial charge in [0.1, 0.15) is 5.82 Å². The van der Waals surface area contributed by atoms with E-state index in [0.717, 1.165) is 11.8 Å². The summed E-state index contributed by atoms with van der Waals surface area (Å²) < 4.78 is 36.0. The van der Waals surface area contributed by atoms with E-state index in [4.69, 9.17) is 11.5 Å². The fourth-order valence-corrected chi connectivity index (χ4v) is 4.33. The quantitative estimate of drug-likeness (QED) is 0.798. The van der Waals surface area contributed by atoms with Crippen molar-refractivity contribution in [3.05, 3.63) is 35.6 Å². The number of benzene rings is 1. The molecule has 4 nitrogen and oxygen atoms in total. The highest BCUT2D eigenvalue weighted by Crippen LogP contribution is 2.53. The number of hydrogen-bond acceptors (Lipinski definition) is 4. The van der Waals surface area contributed by atoms with E-state index in [2.05, 4.69) is 0 Å². The van der Waals surface area contributed by atoms with Crippen LogP contribution in [0.2, 0.25) is 0 Å². The van der Waals surface area contributed by atoms with Gasteiger partial charge in [-0.25, -0.2) is 12.8 Å². The first-order valence-electron chi connectivity index (χ1n) is 5.24. The first-order chi connectivity index (χ1) is 7.80. The average Bonchev–Trinajstić information content (AvgIpc) is 2.87. The van der Waals surface area contributed by atoms with Crippen molar-refractivity contribution in [2.75, 3.05) is 12.8 Å². The first-order valence-corrected chi connectivity index (χ1v) is 7.19. The minimum atomic E-state index is -3.26. The summed E-state index contributed by atoms with van der Waals surface area (Å²) in [6.45, 7) is 0.0901. The summed E-state index contributed by atoms with van der Waals surface area (Å²) in [6, 6.07) is 5.71. The van der Waals surface area contributed by atoms with Gasteiger partial charge in [0.15, 0.2) is 9.84 Å². The van der Waals surface area contributed by atoms with Crippen molar-refractivity contribution >= 4 is 9.84 Å². The van der Waals surface area contributed by atoms with E-state index in [9.17, 15) is 12.8 Å². The highest BCUT2D eigenvalue weighted by atomic mass is 32.2. The van der Waals surface area contributed by atoms with Gasteiger partial charge < -0.3 is 11.5 Å². The largest absolute Gasteiger partial charge is 0.329 e. The second-order valence-corrected chi connectivity index (χ2v) is 6.76. The van der Waals surface area contributed by atoms with Crippen molar-refractivity contribution in [1.29, 1.82) is 0 Å². The minimum Gasteiger partial charge on any atom is -0.329 e. The summed E-state index contributed by atoms with van der Waals surface area (Å²) >= 11 is 0. The predicted octanol–water partition coefficient (Wildman–Crippen LogP) is -0.00770. The lowest BCUT2D eigenvalue weighted by Crippen LogP contribution is -2.38. The maximum absolute atomic E-state index is 12.8. The lowest BCUT2D eigenvalue weighted by molar-refractivity contribution is 0.591. The molecule has 3 atom stereocenters. The summed E-state index contributed by atoms with van der Waals surface area (Å²) in [5.74, 6) is -0.705. The van der Waals surface area contributed by atoms with Gasteiger partial charge in [0.2, 0.25) is 0 Å². The van der Waals surface area contributed by atoms with Gasteiger partial charge in [-0.1, -0.05) is 12.1 Å². The molecule has 2 rings (SSSR count). The Bertz CT molecular complexity index is 529. The van der Waals surface area contributed by atoms with Crippen LogP contribution in [0.1, 0.15) is 11.5 Å². The second kappa shape index (κ2) is 3.76. The van der Waals surface area contributed by atoms with E-state index < -0.39 is 20.6 Å². The van der Waals surface area contributed by atoms with Crippen LogP contribution >= 0.6 is 0 Å². The van der Waals surface area contributed by atoms with Crippen molar-refractivity contribution < 1.29 is 12.8 Å². The van der Waals surface area contributed by atoms with Crippen LogP contribution < -0.4 is 11.5 Å². The van der Waals surface area contributed by atoms with Crippen molar-refractivity contribution in [2.24, 2.45) is 11.5 Å². The fourth-order valence-electron chi connectivity index (χ4n) is 2.47. The molecule has 1 aliphatic rings. The van der Waals surface area contributed by atoms with E-state index in [-0.39, 0.29) is 18.3 Å². The lowest BCUT2D eigenvalue weighted by atomic mass is 10.1. The molecule has 0 unspecified atom stereocenters. The molecule has 0 heterocycles. The molecule has 0 aliphatic heterocycles. The van der Waals surface area contributed by atoms with Crippen molar-refractivity contribution in [3.8, 4) is 0 Å². The SMILES string of the molecule is CS(=O)(=O)[C@@H]1[C@H](c2ccc(F)cc2)[C@@]1(N)CN. The Labute approximate surface area is 99.7 Å². The summed E-state index contributed by atoms with van der Waals surface area (Å²) in [4.78, 5) is 0. The van der Waals surface area contributed by atoms with Crippen LogP contribution in [-0.4, -0.2) is 32.0 Å². The number of nitrogens with two attached hydrogens (primary N) is 2. The maximum Gasteiger partial charge on any atom is 0.152 e. The Kier molecular flexibility index (Phi) is 2.76. The molecule has 1 aliphatic carbocycles. The van der Waals surface area contributed by atoms with Gasteiger partial charge in [0.25, 0.3) is 0 Å². The summed E-state index contributed by atoms with van der Waals surface area (Å²) in [7, 11) is -3.26. The molecule has 1 saturated carbocycles. The van der Waals surface area contributed by atoms with Crippen LogP contribution in [0.15, 0.2) is 24.3 Å². The highest BCUT2D eigenvalue weighted by molar-refractivity contribution is 7.91. The van der Waals surface area contributed by atoms with Crippen LogP contribution in [0, 0.1) is 5.82 Å². The predicted molar refractivity (Wildman–Crippen MR) is 63.7 cm³/mol. The summed E-state index contributed by atoms with van der Waals surface area (Å²) in [6.07, 6.45) is 1.15. The van der Waals surface area contributed by atoms with Gasteiger partial charge in [-0.3, -0.25) is 0 Å². The Morgan fingerprint density at radius 3 is 2.24 bits per heavy atom. The van der Waals surface area contributed by atoms with E-state index in [1.807, 2.05) is 0 Å². The van der Waals surface area contributed by atoms with E-state index >= 15 is 0 Å². The third kappa shape index (κ3) is 1.96. The molecule has 94 valence electrons. The molecule has 0 radical (unpaired) electrons. The molecule has 1 fully saturated rings.